The van der Waals surface area contributed by atoms with Crippen LogP contribution in [0.2, 0.25) is 0 Å². The molecule has 1 fully saturated rings. The lowest BCUT2D eigenvalue weighted by Crippen LogP contribution is -2.32. The molecule has 2 nitrogen and oxygen atoms in total. The van der Waals surface area contributed by atoms with E-state index in [1.165, 1.54) is 24.2 Å². The van der Waals surface area contributed by atoms with Crippen LogP contribution in [0, 0.1) is 0 Å². The number of hydrogen-bond acceptors (Lipinski definition) is 3. The SMILES string of the molecule is CC1(CNCc2cccnc2)CCCS1. The van der Waals surface area contributed by atoms with Crippen molar-refractivity contribution in [2.24, 2.45) is 0 Å². The molecular weight excluding hydrogens is 204 g/mol. The lowest BCUT2D eigenvalue weighted by atomic mass is 10.1. The van der Waals surface area contributed by atoms with Crippen LogP contribution >= 0.6 is 11.8 Å². The summed E-state index contributed by atoms with van der Waals surface area (Å²) in [5, 5.41) is 3.52. The van der Waals surface area contributed by atoms with Crippen molar-refractivity contribution in [2.75, 3.05) is 12.3 Å². The minimum Gasteiger partial charge on any atom is -0.311 e. The van der Waals surface area contributed by atoms with Crippen molar-refractivity contribution < 1.29 is 0 Å². The average Bonchev–Trinajstić information content (AvgIpc) is 2.67. The maximum atomic E-state index is 4.11. The molecule has 0 amide bonds. The van der Waals surface area contributed by atoms with Crippen molar-refractivity contribution in [3.63, 3.8) is 0 Å². The number of pyridine rings is 1. The molecule has 0 radical (unpaired) electrons. The lowest BCUT2D eigenvalue weighted by Gasteiger charge is -2.22. The fourth-order valence-corrected chi connectivity index (χ4v) is 3.22. The van der Waals surface area contributed by atoms with Crippen LogP contribution in [0.5, 0.6) is 0 Å². The molecule has 2 heterocycles. The van der Waals surface area contributed by atoms with Crippen LogP contribution in [0.25, 0.3) is 0 Å². The van der Waals surface area contributed by atoms with Gasteiger partial charge in [-0.05, 0) is 37.1 Å². The Morgan fingerprint density at radius 3 is 3.20 bits per heavy atom. The summed E-state index contributed by atoms with van der Waals surface area (Å²) in [6.07, 6.45) is 6.46. The van der Waals surface area contributed by atoms with Crippen molar-refractivity contribution in [1.82, 2.24) is 10.3 Å². The molecule has 1 aromatic rings. The van der Waals surface area contributed by atoms with Crippen molar-refractivity contribution in [3.8, 4) is 0 Å². The molecule has 0 aromatic carbocycles. The Labute approximate surface area is 95.9 Å². The Hall–Kier alpha value is -0.540. The summed E-state index contributed by atoms with van der Waals surface area (Å²) in [6, 6.07) is 4.10. The number of nitrogens with zero attached hydrogens (tertiary/aromatic N) is 1. The third-order valence-electron chi connectivity index (χ3n) is 2.85. The molecule has 0 saturated carbocycles. The van der Waals surface area contributed by atoms with E-state index in [1.54, 1.807) is 0 Å². The summed E-state index contributed by atoms with van der Waals surface area (Å²) in [5.41, 5.74) is 1.27. The molecule has 2 rings (SSSR count). The largest absolute Gasteiger partial charge is 0.311 e. The van der Waals surface area contributed by atoms with E-state index in [0.717, 1.165) is 13.1 Å². The van der Waals surface area contributed by atoms with Crippen LogP contribution in [0.4, 0.5) is 0 Å². The van der Waals surface area contributed by atoms with Gasteiger partial charge in [-0.15, -0.1) is 0 Å². The van der Waals surface area contributed by atoms with Gasteiger partial charge in [-0.2, -0.15) is 11.8 Å². The molecule has 1 N–H and O–H groups in total. The highest BCUT2D eigenvalue weighted by atomic mass is 32.2. The van der Waals surface area contributed by atoms with Crippen LogP contribution in [-0.4, -0.2) is 22.0 Å². The van der Waals surface area contributed by atoms with Gasteiger partial charge in [0.15, 0.2) is 0 Å². The zero-order valence-corrected chi connectivity index (χ0v) is 10.0. The second-order valence-corrected chi connectivity index (χ2v) is 6.05. The number of rotatable bonds is 4. The number of thioether (sulfide) groups is 1. The third-order valence-corrected chi connectivity index (χ3v) is 4.39. The highest BCUT2D eigenvalue weighted by Crippen LogP contribution is 2.36. The molecular formula is C12H18N2S. The fraction of sp³-hybridized carbons (Fsp3) is 0.583. The van der Waals surface area contributed by atoms with E-state index in [1.807, 2.05) is 18.5 Å². The molecule has 15 heavy (non-hydrogen) atoms. The number of aromatic nitrogens is 1. The summed E-state index contributed by atoms with van der Waals surface area (Å²) in [5.74, 6) is 1.32. The smallest absolute Gasteiger partial charge is 0.0312 e. The monoisotopic (exact) mass is 222 g/mol. The molecule has 82 valence electrons. The van der Waals surface area contributed by atoms with Crippen LogP contribution in [0.1, 0.15) is 25.3 Å². The second kappa shape index (κ2) is 4.99. The maximum Gasteiger partial charge on any atom is 0.0312 e. The first-order valence-corrected chi connectivity index (χ1v) is 6.51. The van der Waals surface area contributed by atoms with Crippen molar-refractivity contribution in [3.05, 3.63) is 30.1 Å². The van der Waals surface area contributed by atoms with E-state index in [2.05, 4.69) is 35.1 Å². The van der Waals surface area contributed by atoms with Crippen molar-refractivity contribution >= 4 is 11.8 Å². The standard InChI is InChI=1S/C12H18N2S/c1-12(5-3-7-15-12)10-14-9-11-4-2-6-13-8-11/h2,4,6,8,14H,3,5,7,9-10H2,1H3. The Balaban J connectivity index is 1.75. The van der Waals surface area contributed by atoms with Gasteiger partial charge in [0, 0.05) is 30.2 Å². The molecule has 0 spiro atoms. The first kappa shape index (κ1) is 11.0. The summed E-state index contributed by atoms with van der Waals surface area (Å²) in [7, 11) is 0. The van der Waals surface area contributed by atoms with Crippen LogP contribution < -0.4 is 5.32 Å². The summed E-state index contributed by atoms with van der Waals surface area (Å²) in [4.78, 5) is 4.11. The molecule has 1 atom stereocenters. The van der Waals surface area contributed by atoms with Gasteiger partial charge in [-0.25, -0.2) is 0 Å². The Kier molecular flexibility index (Phi) is 3.65. The molecule has 0 bridgehead atoms. The first-order chi connectivity index (χ1) is 7.29. The quantitative estimate of drug-likeness (QED) is 0.847. The fourth-order valence-electron chi connectivity index (χ4n) is 1.95. The van der Waals surface area contributed by atoms with Crippen LogP contribution in [0.15, 0.2) is 24.5 Å². The second-order valence-electron chi connectivity index (χ2n) is 4.37. The van der Waals surface area contributed by atoms with Gasteiger partial charge in [0.25, 0.3) is 0 Å². The van der Waals surface area contributed by atoms with Crippen molar-refractivity contribution in [1.29, 1.82) is 0 Å². The predicted molar refractivity (Wildman–Crippen MR) is 66.0 cm³/mol. The normalized spacial score (nSPS) is 25.7. The topological polar surface area (TPSA) is 24.9 Å². The van der Waals surface area contributed by atoms with Crippen LogP contribution in [0.3, 0.4) is 0 Å². The molecule has 1 aromatic heterocycles. The molecule has 1 unspecified atom stereocenters. The van der Waals surface area contributed by atoms with E-state index < -0.39 is 0 Å². The van der Waals surface area contributed by atoms with Gasteiger partial charge in [0.05, 0.1) is 0 Å². The van der Waals surface area contributed by atoms with Gasteiger partial charge in [-0.3, -0.25) is 4.98 Å². The van der Waals surface area contributed by atoms with E-state index in [4.69, 9.17) is 0 Å². The maximum absolute atomic E-state index is 4.11. The minimum absolute atomic E-state index is 0.461. The third kappa shape index (κ3) is 3.21. The summed E-state index contributed by atoms with van der Waals surface area (Å²) < 4.78 is 0.461. The van der Waals surface area contributed by atoms with Crippen LogP contribution in [-0.2, 0) is 6.54 Å². The Bertz CT molecular complexity index is 294. The minimum atomic E-state index is 0.461. The van der Waals surface area contributed by atoms with E-state index in [9.17, 15) is 0 Å². The average molecular weight is 222 g/mol. The Morgan fingerprint density at radius 2 is 2.53 bits per heavy atom. The van der Waals surface area contributed by atoms with Gasteiger partial charge in [0.2, 0.25) is 0 Å². The number of hydrogen-bond donors (Lipinski definition) is 1. The molecule has 1 aliphatic rings. The summed E-state index contributed by atoms with van der Waals surface area (Å²) >= 11 is 2.10. The highest BCUT2D eigenvalue weighted by Gasteiger charge is 2.28. The molecule has 3 heteroatoms. The molecule has 0 aliphatic carbocycles. The van der Waals surface area contributed by atoms with Gasteiger partial charge in [0.1, 0.15) is 0 Å². The zero-order valence-electron chi connectivity index (χ0n) is 9.20. The van der Waals surface area contributed by atoms with Gasteiger partial charge in [-0.1, -0.05) is 6.07 Å². The predicted octanol–water partition coefficient (Wildman–Crippen LogP) is 2.46. The van der Waals surface area contributed by atoms with Gasteiger partial charge >= 0.3 is 0 Å². The molecule has 1 saturated heterocycles. The van der Waals surface area contributed by atoms with Crippen molar-refractivity contribution in [2.45, 2.75) is 31.1 Å². The zero-order chi connectivity index (χ0) is 10.6. The first-order valence-electron chi connectivity index (χ1n) is 5.52. The summed E-state index contributed by atoms with van der Waals surface area (Å²) in [6.45, 7) is 4.40. The van der Waals surface area contributed by atoms with Gasteiger partial charge < -0.3 is 5.32 Å². The van der Waals surface area contributed by atoms with E-state index >= 15 is 0 Å². The molecule has 1 aliphatic heterocycles. The Morgan fingerprint density at radius 1 is 1.60 bits per heavy atom. The van der Waals surface area contributed by atoms with E-state index in [0.29, 0.717) is 4.75 Å². The highest BCUT2D eigenvalue weighted by molar-refractivity contribution is 8.00. The lowest BCUT2D eigenvalue weighted by molar-refractivity contribution is 0.537. The number of nitrogens with one attached hydrogen (secondary N) is 1. The van der Waals surface area contributed by atoms with E-state index in [-0.39, 0.29) is 0 Å².